The summed E-state index contributed by atoms with van der Waals surface area (Å²) in [5.74, 6) is -0.976. The van der Waals surface area contributed by atoms with E-state index in [1.54, 1.807) is 6.08 Å². The minimum Gasteiger partial charge on any atom is -0.480 e. The second kappa shape index (κ2) is 5.34. The molecule has 0 unspecified atom stereocenters. The number of hydrogen-bond acceptors (Lipinski definition) is 5. The number of rotatable bonds is 3. The number of aliphatic carboxylic acids is 1. The lowest BCUT2D eigenvalue weighted by atomic mass is 10.2. The van der Waals surface area contributed by atoms with E-state index in [2.05, 4.69) is 0 Å². The van der Waals surface area contributed by atoms with E-state index in [0.717, 1.165) is 27.6 Å². The molecule has 1 N–H and O–H groups in total. The van der Waals surface area contributed by atoms with Crippen molar-refractivity contribution in [3.05, 3.63) is 41.0 Å². The molecule has 1 aliphatic rings. The number of furan rings is 1. The zero-order chi connectivity index (χ0) is 15.0. The van der Waals surface area contributed by atoms with Crippen LogP contribution in [0.15, 0.2) is 39.7 Å². The Labute approximate surface area is 129 Å². The van der Waals surface area contributed by atoms with Crippen molar-refractivity contribution in [1.29, 1.82) is 0 Å². The normalized spacial score (nSPS) is 17.1. The molecule has 1 aromatic carbocycles. The first-order valence-corrected chi connectivity index (χ1v) is 7.23. The second-order valence-corrected chi connectivity index (χ2v) is 6.02. The minimum atomic E-state index is -1.10. The zero-order valence-corrected chi connectivity index (χ0v) is 12.2. The molecule has 1 amide bonds. The van der Waals surface area contributed by atoms with E-state index < -0.39 is 18.4 Å². The molecule has 106 valence electrons. The zero-order valence-electron chi connectivity index (χ0n) is 10.6. The molecule has 0 saturated carbocycles. The topological polar surface area (TPSA) is 70.8 Å². The van der Waals surface area contributed by atoms with Crippen molar-refractivity contribution in [3.8, 4) is 0 Å². The number of carbonyl (C=O) groups is 2. The van der Waals surface area contributed by atoms with Gasteiger partial charge in [-0.3, -0.25) is 14.5 Å². The highest BCUT2D eigenvalue weighted by atomic mass is 32.2. The number of carbonyl (C=O) groups excluding carboxylic acids is 1. The minimum absolute atomic E-state index is 0.241. The standard InChI is InChI=1S/C14H9NO4S2/c16-12(17)7-15-13(18)11(21-14(15)20)6-9-5-8-3-1-2-4-10(8)19-9/h1-6H,7H2,(H,16,17)/b11-6+. The molecule has 0 atom stereocenters. The van der Waals surface area contributed by atoms with E-state index in [1.165, 1.54) is 0 Å². The van der Waals surface area contributed by atoms with Gasteiger partial charge in [0, 0.05) is 11.5 Å². The molecular formula is C14H9NO4S2. The maximum Gasteiger partial charge on any atom is 0.323 e. The van der Waals surface area contributed by atoms with Crippen molar-refractivity contribution < 1.29 is 19.1 Å². The summed E-state index contributed by atoms with van der Waals surface area (Å²) in [6.45, 7) is -0.428. The van der Waals surface area contributed by atoms with Gasteiger partial charge in [-0.2, -0.15) is 0 Å². The molecule has 2 heterocycles. The molecule has 21 heavy (non-hydrogen) atoms. The number of fused-ring (bicyclic) bond motifs is 1. The van der Waals surface area contributed by atoms with Gasteiger partial charge < -0.3 is 9.52 Å². The first-order valence-electron chi connectivity index (χ1n) is 6.00. The summed E-state index contributed by atoms with van der Waals surface area (Å²) in [7, 11) is 0. The number of carboxylic acids is 1. The van der Waals surface area contributed by atoms with Gasteiger partial charge in [0.2, 0.25) is 0 Å². The maximum atomic E-state index is 12.1. The fourth-order valence-corrected chi connectivity index (χ4v) is 3.21. The van der Waals surface area contributed by atoms with Crippen LogP contribution in [0.2, 0.25) is 0 Å². The highest BCUT2D eigenvalue weighted by molar-refractivity contribution is 8.26. The molecule has 3 rings (SSSR count). The van der Waals surface area contributed by atoms with E-state index in [1.807, 2.05) is 30.3 Å². The van der Waals surface area contributed by atoms with Crippen molar-refractivity contribution in [1.82, 2.24) is 4.90 Å². The van der Waals surface area contributed by atoms with E-state index in [9.17, 15) is 9.59 Å². The third-order valence-corrected chi connectivity index (χ3v) is 4.26. The third kappa shape index (κ3) is 2.70. The molecular weight excluding hydrogens is 310 g/mol. The van der Waals surface area contributed by atoms with E-state index >= 15 is 0 Å². The monoisotopic (exact) mass is 319 g/mol. The summed E-state index contributed by atoms with van der Waals surface area (Å²) >= 11 is 6.10. The van der Waals surface area contributed by atoms with E-state index in [4.69, 9.17) is 21.7 Å². The SMILES string of the molecule is O=C(O)CN1C(=O)/C(=C\c2cc3ccccc3o2)SC1=S. The number of benzene rings is 1. The van der Waals surface area contributed by atoms with Crippen LogP contribution in [0.4, 0.5) is 0 Å². The first-order chi connectivity index (χ1) is 10.0. The van der Waals surface area contributed by atoms with E-state index in [0.29, 0.717) is 10.7 Å². The van der Waals surface area contributed by atoms with Gasteiger partial charge in [0.15, 0.2) is 0 Å². The van der Waals surface area contributed by atoms with E-state index in [-0.39, 0.29) is 4.32 Å². The average molecular weight is 319 g/mol. The second-order valence-electron chi connectivity index (χ2n) is 4.35. The molecule has 1 aliphatic heterocycles. The first kappa shape index (κ1) is 13.8. The van der Waals surface area contributed by atoms with Crippen LogP contribution in [0.3, 0.4) is 0 Å². The predicted molar refractivity (Wildman–Crippen MR) is 83.7 cm³/mol. The van der Waals surface area contributed by atoms with Crippen molar-refractivity contribution in [3.63, 3.8) is 0 Å². The molecule has 0 aliphatic carbocycles. The summed E-state index contributed by atoms with van der Waals surface area (Å²) < 4.78 is 5.85. The van der Waals surface area contributed by atoms with Crippen LogP contribution in [0.5, 0.6) is 0 Å². The van der Waals surface area contributed by atoms with Crippen LogP contribution in [0.25, 0.3) is 17.0 Å². The Morgan fingerprint density at radius 2 is 2.19 bits per heavy atom. The lowest BCUT2D eigenvalue weighted by Crippen LogP contribution is -2.33. The number of nitrogens with zero attached hydrogens (tertiary/aromatic N) is 1. The third-order valence-electron chi connectivity index (χ3n) is 2.88. The van der Waals surface area contributed by atoms with Crippen LogP contribution in [0, 0.1) is 0 Å². The molecule has 5 nitrogen and oxygen atoms in total. The summed E-state index contributed by atoms with van der Waals surface area (Å²) in [5.41, 5.74) is 0.727. The highest BCUT2D eigenvalue weighted by Gasteiger charge is 2.33. The molecule has 0 bridgehead atoms. The van der Waals surface area contributed by atoms with Gasteiger partial charge in [-0.05, 0) is 12.1 Å². The molecule has 0 spiro atoms. The number of carboxylic acid groups (broad SMARTS) is 1. The molecule has 1 aromatic heterocycles. The van der Waals surface area contributed by atoms with Gasteiger partial charge in [0.25, 0.3) is 5.91 Å². The molecule has 0 radical (unpaired) electrons. The molecule has 7 heteroatoms. The van der Waals surface area contributed by atoms with Gasteiger partial charge in [0.05, 0.1) is 4.91 Å². The van der Waals surface area contributed by atoms with Gasteiger partial charge >= 0.3 is 5.97 Å². The Morgan fingerprint density at radius 1 is 1.43 bits per heavy atom. The van der Waals surface area contributed by atoms with Crippen molar-refractivity contribution >= 4 is 57.2 Å². The van der Waals surface area contributed by atoms with Crippen LogP contribution >= 0.6 is 24.0 Å². The fourth-order valence-electron chi connectivity index (χ4n) is 1.97. The van der Waals surface area contributed by atoms with Crippen molar-refractivity contribution in [2.75, 3.05) is 6.54 Å². The number of hydrogen-bond donors (Lipinski definition) is 1. The fraction of sp³-hybridized carbons (Fsp3) is 0.0714. The number of amides is 1. The van der Waals surface area contributed by atoms with Gasteiger partial charge in [-0.25, -0.2) is 0 Å². The lowest BCUT2D eigenvalue weighted by Gasteiger charge is -2.09. The quantitative estimate of drug-likeness (QED) is 0.693. The van der Waals surface area contributed by atoms with Gasteiger partial charge in [0.1, 0.15) is 22.2 Å². The summed E-state index contributed by atoms with van der Waals surface area (Å²) in [5, 5.41) is 9.71. The Hall–Kier alpha value is -2.12. The van der Waals surface area contributed by atoms with Crippen LogP contribution in [-0.4, -0.2) is 32.7 Å². The van der Waals surface area contributed by atoms with Gasteiger partial charge in [-0.1, -0.05) is 42.2 Å². The lowest BCUT2D eigenvalue weighted by molar-refractivity contribution is -0.140. The van der Waals surface area contributed by atoms with Crippen LogP contribution in [-0.2, 0) is 9.59 Å². The van der Waals surface area contributed by atoms with Crippen molar-refractivity contribution in [2.45, 2.75) is 0 Å². The van der Waals surface area contributed by atoms with Crippen LogP contribution in [0.1, 0.15) is 5.76 Å². The Morgan fingerprint density at radius 3 is 2.90 bits per heavy atom. The summed E-state index contributed by atoms with van der Waals surface area (Å²) in [6, 6.07) is 9.32. The Bertz CT molecular complexity index is 760. The average Bonchev–Trinajstić information content (AvgIpc) is 2.94. The Balaban J connectivity index is 1.91. The summed E-state index contributed by atoms with van der Waals surface area (Å²) in [6.07, 6.45) is 1.58. The number of thiocarbonyl (C=S) groups is 1. The Kier molecular flexibility index (Phi) is 3.52. The summed E-state index contributed by atoms with van der Waals surface area (Å²) in [4.78, 5) is 24.3. The number of para-hydroxylation sites is 1. The van der Waals surface area contributed by atoms with Crippen molar-refractivity contribution in [2.24, 2.45) is 0 Å². The smallest absolute Gasteiger partial charge is 0.323 e. The largest absolute Gasteiger partial charge is 0.480 e. The maximum absolute atomic E-state index is 12.1. The predicted octanol–water partition coefficient (Wildman–Crippen LogP) is 2.72. The number of thioether (sulfide) groups is 1. The van der Waals surface area contributed by atoms with Crippen LogP contribution < -0.4 is 0 Å². The van der Waals surface area contributed by atoms with Gasteiger partial charge in [-0.15, -0.1) is 0 Å². The molecule has 1 fully saturated rings. The highest BCUT2D eigenvalue weighted by Crippen LogP contribution is 2.33. The molecule has 1 saturated heterocycles. The molecule has 2 aromatic rings.